The van der Waals surface area contributed by atoms with Crippen LogP contribution in [0.15, 0.2) is 29.2 Å². The fourth-order valence-corrected chi connectivity index (χ4v) is 2.06. The Morgan fingerprint density at radius 1 is 1.44 bits per heavy atom. The van der Waals surface area contributed by atoms with Crippen LogP contribution in [0.5, 0.6) is 0 Å². The molecule has 1 aromatic carbocycles. The van der Waals surface area contributed by atoms with E-state index in [1.165, 1.54) is 18.2 Å². The van der Waals surface area contributed by atoms with Gasteiger partial charge in [0.2, 0.25) is 0 Å². The van der Waals surface area contributed by atoms with Crippen LogP contribution >= 0.6 is 0 Å². The van der Waals surface area contributed by atoms with Crippen LogP contribution in [-0.4, -0.2) is 22.0 Å². The minimum Gasteiger partial charge on any atom is -0.462 e. The largest absolute Gasteiger partial charge is 0.462 e. The fourth-order valence-electron chi connectivity index (χ4n) is 1.11. The Morgan fingerprint density at radius 3 is 2.62 bits per heavy atom. The molecule has 0 bridgehead atoms. The highest BCUT2D eigenvalue weighted by Crippen LogP contribution is 2.11. The number of hydrogen-bond acceptors (Lipinski definition) is 3. The third kappa shape index (κ3) is 3.73. The van der Waals surface area contributed by atoms with Gasteiger partial charge in [-0.15, -0.1) is 0 Å². The van der Waals surface area contributed by atoms with Gasteiger partial charge in [-0.05, 0) is 26.0 Å². The molecule has 0 aliphatic heterocycles. The summed E-state index contributed by atoms with van der Waals surface area (Å²) in [5, 5.41) is 0. The molecular weight excluding hydrogens is 231 g/mol. The Hall–Kier alpha value is -1.23. The molecule has 0 saturated heterocycles. The van der Waals surface area contributed by atoms with E-state index in [0.29, 0.717) is 0 Å². The van der Waals surface area contributed by atoms with Crippen LogP contribution in [0, 0.1) is 5.82 Å². The van der Waals surface area contributed by atoms with Crippen molar-refractivity contribution in [2.24, 2.45) is 0 Å². The number of rotatable bonds is 4. The molecule has 0 aliphatic rings. The Kier molecular flexibility index (Phi) is 4.61. The van der Waals surface area contributed by atoms with Gasteiger partial charge in [-0.25, -0.2) is 4.39 Å². The zero-order valence-electron chi connectivity index (χ0n) is 9.10. The maximum atomic E-state index is 13.2. The first-order chi connectivity index (χ1) is 7.50. The maximum Gasteiger partial charge on any atom is 0.319 e. The minimum atomic E-state index is -1.69. The molecule has 0 aromatic heterocycles. The van der Waals surface area contributed by atoms with E-state index in [0.717, 1.165) is 0 Å². The molecule has 0 spiro atoms. The van der Waals surface area contributed by atoms with E-state index in [9.17, 15) is 13.4 Å². The fraction of sp³-hybridized carbons (Fsp3) is 0.364. The van der Waals surface area contributed by atoms with Crippen molar-refractivity contribution in [2.45, 2.75) is 24.8 Å². The van der Waals surface area contributed by atoms with E-state index in [1.807, 2.05) is 0 Å². The van der Waals surface area contributed by atoms with Crippen LogP contribution in [0.4, 0.5) is 4.39 Å². The normalized spacial score (nSPS) is 12.5. The number of ether oxygens (including phenoxy) is 1. The number of carbonyl (C=O) groups is 1. The van der Waals surface area contributed by atoms with Crippen LogP contribution in [0.2, 0.25) is 0 Å². The molecule has 1 unspecified atom stereocenters. The topological polar surface area (TPSA) is 43.4 Å². The molecule has 0 heterocycles. The van der Waals surface area contributed by atoms with E-state index in [1.54, 1.807) is 19.9 Å². The zero-order valence-corrected chi connectivity index (χ0v) is 9.92. The summed E-state index contributed by atoms with van der Waals surface area (Å²) < 4.78 is 29.7. The van der Waals surface area contributed by atoms with Crippen molar-refractivity contribution in [1.82, 2.24) is 0 Å². The molecule has 0 radical (unpaired) electrons. The van der Waals surface area contributed by atoms with Gasteiger partial charge in [0.1, 0.15) is 11.6 Å². The molecular formula is C11H13FO3S. The monoisotopic (exact) mass is 244 g/mol. The van der Waals surface area contributed by atoms with Gasteiger partial charge in [0.05, 0.1) is 21.8 Å². The second-order valence-electron chi connectivity index (χ2n) is 3.46. The molecule has 0 amide bonds. The summed E-state index contributed by atoms with van der Waals surface area (Å²) in [5.74, 6) is -1.48. The van der Waals surface area contributed by atoms with Crippen LogP contribution in [0.25, 0.3) is 0 Å². The highest BCUT2D eigenvalue weighted by atomic mass is 32.2. The van der Waals surface area contributed by atoms with Crippen molar-refractivity contribution in [3.63, 3.8) is 0 Å². The predicted octanol–water partition coefficient (Wildman–Crippen LogP) is 1.88. The Labute approximate surface area is 96.1 Å². The Balaban J connectivity index is 2.66. The molecule has 0 N–H and O–H groups in total. The average molecular weight is 244 g/mol. The van der Waals surface area contributed by atoms with E-state index in [2.05, 4.69) is 0 Å². The molecule has 16 heavy (non-hydrogen) atoms. The van der Waals surface area contributed by atoms with Gasteiger partial charge in [-0.2, -0.15) is 0 Å². The van der Waals surface area contributed by atoms with Crippen LogP contribution in [-0.2, 0) is 20.3 Å². The maximum absolute atomic E-state index is 13.2. The SMILES string of the molecule is CC(C)OC(=O)CS(=O)c1ccccc1F. The lowest BCUT2D eigenvalue weighted by Gasteiger charge is -2.07. The summed E-state index contributed by atoms with van der Waals surface area (Å²) in [6, 6.07) is 5.68. The summed E-state index contributed by atoms with van der Waals surface area (Å²) in [4.78, 5) is 11.2. The summed E-state index contributed by atoms with van der Waals surface area (Å²) in [5.41, 5.74) is 0. The molecule has 88 valence electrons. The lowest BCUT2D eigenvalue weighted by molar-refractivity contribution is -0.144. The van der Waals surface area contributed by atoms with Crippen molar-refractivity contribution in [2.75, 3.05) is 5.75 Å². The first kappa shape index (κ1) is 12.8. The van der Waals surface area contributed by atoms with E-state index in [4.69, 9.17) is 4.74 Å². The van der Waals surface area contributed by atoms with Gasteiger partial charge in [0.25, 0.3) is 0 Å². The molecule has 1 rings (SSSR count). The lowest BCUT2D eigenvalue weighted by Crippen LogP contribution is -2.18. The highest BCUT2D eigenvalue weighted by Gasteiger charge is 2.15. The quantitative estimate of drug-likeness (QED) is 0.760. The molecule has 1 aromatic rings. The van der Waals surface area contributed by atoms with Crippen LogP contribution < -0.4 is 0 Å². The van der Waals surface area contributed by atoms with Gasteiger partial charge in [0, 0.05) is 0 Å². The first-order valence-corrected chi connectivity index (χ1v) is 6.15. The molecule has 0 aliphatic carbocycles. The molecule has 1 atom stereocenters. The molecule has 0 fully saturated rings. The van der Waals surface area contributed by atoms with Gasteiger partial charge >= 0.3 is 5.97 Å². The summed E-state index contributed by atoms with van der Waals surface area (Å²) in [6.45, 7) is 3.40. The predicted molar refractivity (Wildman–Crippen MR) is 58.9 cm³/mol. The highest BCUT2D eigenvalue weighted by molar-refractivity contribution is 7.85. The van der Waals surface area contributed by atoms with Gasteiger partial charge < -0.3 is 4.74 Å². The van der Waals surface area contributed by atoms with E-state index in [-0.39, 0.29) is 16.8 Å². The third-order valence-electron chi connectivity index (χ3n) is 1.70. The summed E-state index contributed by atoms with van der Waals surface area (Å²) in [6.07, 6.45) is -0.259. The Morgan fingerprint density at radius 2 is 2.06 bits per heavy atom. The third-order valence-corrected chi connectivity index (χ3v) is 3.02. The first-order valence-electron chi connectivity index (χ1n) is 4.83. The summed E-state index contributed by atoms with van der Waals surface area (Å²) in [7, 11) is -1.69. The van der Waals surface area contributed by atoms with E-state index >= 15 is 0 Å². The standard InChI is InChI=1S/C11H13FO3S/c1-8(2)15-11(13)7-16(14)10-6-4-3-5-9(10)12/h3-6,8H,7H2,1-2H3. The number of hydrogen-bond donors (Lipinski definition) is 0. The smallest absolute Gasteiger partial charge is 0.319 e. The van der Waals surface area contributed by atoms with Crippen molar-refractivity contribution in [1.29, 1.82) is 0 Å². The van der Waals surface area contributed by atoms with Gasteiger partial charge in [-0.1, -0.05) is 12.1 Å². The van der Waals surface area contributed by atoms with E-state index < -0.39 is 22.6 Å². The second-order valence-corrected chi connectivity index (χ2v) is 4.88. The van der Waals surface area contributed by atoms with Gasteiger partial charge in [-0.3, -0.25) is 9.00 Å². The second kappa shape index (κ2) is 5.75. The number of carbonyl (C=O) groups excluding carboxylic acids is 1. The summed E-state index contributed by atoms with van der Waals surface area (Å²) >= 11 is 0. The van der Waals surface area contributed by atoms with Crippen molar-refractivity contribution < 1.29 is 18.1 Å². The lowest BCUT2D eigenvalue weighted by atomic mass is 10.3. The molecule has 3 nitrogen and oxygen atoms in total. The van der Waals surface area contributed by atoms with Gasteiger partial charge in [0.15, 0.2) is 0 Å². The number of halogens is 1. The number of esters is 1. The van der Waals surface area contributed by atoms with Crippen molar-refractivity contribution in [3.05, 3.63) is 30.1 Å². The molecule has 0 saturated carbocycles. The Bertz CT molecular complexity index is 404. The zero-order chi connectivity index (χ0) is 12.1. The average Bonchev–Trinajstić information content (AvgIpc) is 2.16. The minimum absolute atomic E-state index is 0.0307. The molecule has 5 heteroatoms. The van der Waals surface area contributed by atoms with Crippen LogP contribution in [0.3, 0.4) is 0 Å². The number of benzene rings is 1. The van der Waals surface area contributed by atoms with Crippen LogP contribution in [0.1, 0.15) is 13.8 Å². The van der Waals surface area contributed by atoms with Crippen molar-refractivity contribution >= 4 is 16.8 Å². The van der Waals surface area contributed by atoms with Crippen molar-refractivity contribution in [3.8, 4) is 0 Å².